The molecule has 2 rings (SSSR count). The third-order valence-corrected chi connectivity index (χ3v) is 3.14. The minimum atomic E-state index is 0.0457. The van der Waals surface area contributed by atoms with Crippen LogP contribution in [-0.4, -0.2) is 25.7 Å². The van der Waals surface area contributed by atoms with Crippen molar-refractivity contribution in [2.45, 2.75) is 38.3 Å². The van der Waals surface area contributed by atoms with Crippen molar-refractivity contribution in [1.29, 1.82) is 0 Å². The Morgan fingerprint density at radius 1 is 1.42 bits per heavy atom. The molecule has 4 nitrogen and oxygen atoms in total. The van der Waals surface area contributed by atoms with E-state index in [1.807, 2.05) is 18.2 Å². The number of carbonyl (C=O) groups is 1. The lowest BCUT2D eigenvalue weighted by Crippen LogP contribution is -2.16. The summed E-state index contributed by atoms with van der Waals surface area (Å²) in [5.41, 5.74) is 2.08. The summed E-state index contributed by atoms with van der Waals surface area (Å²) in [6, 6.07) is 8.72. The number of amides is 1. The predicted molar refractivity (Wildman–Crippen MR) is 76.0 cm³/mol. The molecule has 0 aromatic heterocycles. The summed E-state index contributed by atoms with van der Waals surface area (Å²) >= 11 is 0. The first-order valence-electron chi connectivity index (χ1n) is 6.89. The van der Waals surface area contributed by atoms with Crippen molar-refractivity contribution in [3.63, 3.8) is 0 Å². The van der Waals surface area contributed by atoms with Gasteiger partial charge in [-0.15, -0.1) is 0 Å². The third kappa shape index (κ3) is 5.41. The van der Waals surface area contributed by atoms with E-state index in [0.29, 0.717) is 19.1 Å². The zero-order valence-electron chi connectivity index (χ0n) is 11.4. The van der Waals surface area contributed by atoms with Crippen LogP contribution < -0.4 is 10.6 Å². The molecule has 2 N–H and O–H groups in total. The minimum absolute atomic E-state index is 0.0457. The Morgan fingerprint density at radius 2 is 2.26 bits per heavy atom. The molecule has 0 radical (unpaired) electrons. The SMILES string of the molecule is COCCCC(=O)Nc1cccc(CNC2CC2)c1. The van der Waals surface area contributed by atoms with E-state index in [1.54, 1.807) is 7.11 Å². The van der Waals surface area contributed by atoms with Crippen molar-refractivity contribution in [3.05, 3.63) is 29.8 Å². The van der Waals surface area contributed by atoms with E-state index < -0.39 is 0 Å². The van der Waals surface area contributed by atoms with Crippen LogP contribution in [0.15, 0.2) is 24.3 Å². The molecule has 0 bridgehead atoms. The van der Waals surface area contributed by atoms with Gasteiger partial charge in [0.2, 0.25) is 5.91 Å². The molecule has 1 aliphatic carbocycles. The number of nitrogens with one attached hydrogen (secondary N) is 2. The summed E-state index contributed by atoms with van der Waals surface area (Å²) in [7, 11) is 1.65. The van der Waals surface area contributed by atoms with E-state index in [-0.39, 0.29) is 5.91 Å². The van der Waals surface area contributed by atoms with Gasteiger partial charge in [0.1, 0.15) is 0 Å². The van der Waals surface area contributed by atoms with Crippen LogP contribution in [0.25, 0.3) is 0 Å². The van der Waals surface area contributed by atoms with Gasteiger partial charge in [0.05, 0.1) is 0 Å². The Bertz CT molecular complexity index is 416. The molecule has 0 heterocycles. The lowest BCUT2D eigenvalue weighted by molar-refractivity contribution is -0.116. The van der Waals surface area contributed by atoms with Crippen molar-refractivity contribution in [1.82, 2.24) is 5.32 Å². The van der Waals surface area contributed by atoms with E-state index in [1.165, 1.54) is 18.4 Å². The average Bonchev–Trinajstić information content (AvgIpc) is 3.21. The summed E-state index contributed by atoms with van der Waals surface area (Å²) < 4.78 is 4.93. The average molecular weight is 262 g/mol. The van der Waals surface area contributed by atoms with Crippen molar-refractivity contribution in [2.75, 3.05) is 19.0 Å². The lowest BCUT2D eigenvalue weighted by atomic mass is 10.2. The van der Waals surface area contributed by atoms with Gasteiger partial charge in [-0.25, -0.2) is 0 Å². The molecule has 0 unspecified atom stereocenters. The van der Waals surface area contributed by atoms with E-state index in [0.717, 1.165) is 18.7 Å². The molecule has 1 aromatic carbocycles. The van der Waals surface area contributed by atoms with Gasteiger partial charge < -0.3 is 15.4 Å². The van der Waals surface area contributed by atoms with Crippen molar-refractivity contribution >= 4 is 11.6 Å². The van der Waals surface area contributed by atoms with Crippen LogP contribution in [0.3, 0.4) is 0 Å². The maximum Gasteiger partial charge on any atom is 0.224 e. The largest absolute Gasteiger partial charge is 0.385 e. The van der Waals surface area contributed by atoms with Crippen LogP contribution >= 0.6 is 0 Å². The molecule has 1 aromatic rings. The monoisotopic (exact) mass is 262 g/mol. The molecule has 1 saturated carbocycles. The molecule has 19 heavy (non-hydrogen) atoms. The highest BCUT2D eigenvalue weighted by molar-refractivity contribution is 5.90. The normalized spacial score (nSPS) is 14.4. The lowest BCUT2D eigenvalue weighted by Gasteiger charge is -2.08. The van der Waals surface area contributed by atoms with Gasteiger partial charge in [0.25, 0.3) is 0 Å². The van der Waals surface area contributed by atoms with Gasteiger partial charge in [-0.3, -0.25) is 4.79 Å². The predicted octanol–water partition coefficient (Wildman–Crippen LogP) is 2.30. The van der Waals surface area contributed by atoms with Crippen LogP contribution in [0.2, 0.25) is 0 Å². The van der Waals surface area contributed by atoms with Crippen molar-refractivity contribution < 1.29 is 9.53 Å². The summed E-state index contributed by atoms with van der Waals surface area (Å²) in [6.45, 7) is 1.50. The number of methoxy groups -OCH3 is 1. The first-order valence-corrected chi connectivity index (χ1v) is 6.89. The maximum absolute atomic E-state index is 11.7. The number of anilines is 1. The van der Waals surface area contributed by atoms with Gasteiger partial charge >= 0.3 is 0 Å². The summed E-state index contributed by atoms with van der Waals surface area (Å²) in [4.78, 5) is 11.7. The fourth-order valence-corrected chi connectivity index (χ4v) is 1.91. The van der Waals surface area contributed by atoms with E-state index in [2.05, 4.69) is 16.7 Å². The molecule has 1 aliphatic rings. The van der Waals surface area contributed by atoms with Crippen LogP contribution in [0.4, 0.5) is 5.69 Å². The van der Waals surface area contributed by atoms with Gasteiger partial charge in [0, 0.05) is 38.4 Å². The second-order valence-corrected chi connectivity index (χ2v) is 5.00. The molecule has 104 valence electrons. The Labute approximate surface area is 114 Å². The number of ether oxygens (including phenoxy) is 1. The fraction of sp³-hybridized carbons (Fsp3) is 0.533. The number of hydrogen-bond acceptors (Lipinski definition) is 3. The minimum Gasteiger partial charge on any atom is -0.385 e. The molecule has 0 atom stereocenters. The smallest absolute Gasteiger partial charge is 0.224 e. The second-order valence-electron chi connectivity index (χ2n) is 5.00. The van der Waals surface area contributed by atoms with E-state index >= 15 is 0 Å². The number of benzene rings is 1. The van der Waals surface area contributed by atoms with Gasteiger partial charge in [-0.1, -0.05) is 12.1 Å². The van der Waals surface area contributed by atoms with Crippen LogP contribution in [-0.2, 0) is 16.1 Å². The Kier molecular flexibility index (Phi) is 5.36. The van der Waals surface area contributed by atoms with E-state index in [4.69, 9.17) is 4.74 Å². The quantitative estimate of drug-likeness (QED) is 0.707. The highest BCUT2D eigenvalue weighted by atomic mass is 16.5. The number of hydrogen-bond donors (Lipinski definition) is 2. The molecular weight excluding hydrogens is 240 g/mol. The maximum atomic E-state index is 11.7. The van der Waals surface area contributed by atoms with Gasteiger partial charge in [-0.05, 0) is 37.0 Å². The number of rotatable bonds is 8. The van der Waals surface area contributed by atoms with Gasteiger partial charge in [0.15, 0.2) is 0 Å². The first kappa shape index (κ1) is 14.0. The molecular formula is C15H22N2O2. The van der Waals surface area contributed by atoms with Crippen LogP contribution in [0.5, 0.6) is 0 Å². The zero-order chi connectivity index (χ0) is 13.5. The molecule has 1 fully saturated rings. The third-order valence-electron chi connectivity index (χ3n) is 3.14. The Morgan fingerprint density at radius 3 is 3.00 bits per heavy atom. The zero-order valence-corrected chi connectivity index (χ0v) is 11.4. The topological polar surface area (TPSA) is 50.4 Å². The molecule has 0 saturated heterocycles. The Hall–Kier alpha value is -1.39. The van der Waals surface area contributed by atoms with Crippen molar-refractivity contribution in [2.24, 2.45) is 0 Å². The molecule has 1 amide bonds. The molecule has 0 spiro atoms. The Balaban J connectivity index is 1.78. The highest BCUT2D eigenvalue weighted by Gasteiger charge is 2.19. The number of carbonyl (C=O) groups excluding carboxylic acids is 1. The summed E-state index contributed by atoms with van der Waals surface area (Å²) in [5, 5.41) is 6.39. The van der Waals surface area contributed by atoms with Crippen molar-refractivity contribution in [3.8, 4) is 0 Å². The molecule has 0 aliphatic heterocycles. The van der Waals surface area contributed by atoms with E-state index in [9.17, 15) is 4.79 Å². The molecule has 4 heteroatoms. The first-order chi connectivity index (χ1) is 9.28. The summed E-state index contributed by atoms with van der Waals surface area (Å²) in [5.74, 6) is 0.0457. The van der Waals surface area contributed by atoms with Gasteiger partial charge in [-0.2, -0.15) is 0 Å². The fourth-order valence-electron chi connectivity index (χ4n) is 1.91. The summed E-state index contributed by atoms with van der Waals surface area (Å²) in [6.07, 6.45) is 3.83. The van der Waals surface area contributed by atoms with Crippen LogP contribution in [0, 0.1) is 0 Å². The second kappa shape index (κ2) is 7.26. The highest BCUT2D eigenvalue weighted by Crippen LogP contribution is 2.20. The standard InChI is InChI=1S/C15H22N2O2/c1-19-9-3-6-15(18)17-14-5-2-4-12(10-14)11-16-13-7-8-13/h2,4-5,10,13,16H,3,6-9,11H2,1H3,(H,17,18). The van der Waals surface area contributed by atoms with Crippen LogP contribution in [0.1, 0.15) is 31.2 Å².